The summed E-state index contributed by atoms with van der Waals surface area (Å²) in [5.41, 5.74) is -3.72. The molecule has 0 aromatic heterocycles. The van der Waals surface area contributed by atoms with E-state index in [0.29, 0.717) is 6.08 Å². The van der Waals surface area contributed by atoms with E-state index in [0.717, 1.165) is 30.3 Å². The smallest absolute Gasteiger partial charge is 0.423 e. The molecule has 0 aliphatic carbocycles. The molecule has 0 fully saturated rings. The molecule has 2 nitrogen and oxygen atoms in total. The van der Waals surface area contributed by atoms with Crippen LogP contribution in [0.2, 0.25) is 0 Å². The molecule has 0 amide bonds. The van der Waals surface area contributed by atoms with Crippen LogP contribution in [0.25, 0.3) is 0 Å². The van der Waals surface area contributed by atoms with Crippen LogP contribution in [0.15, 0.2) is 84.4 Å². The number of hydrogen-bond acceptors (Lipinski definition) is 2. The largest absolute Gasteiger partial charge is 0.445 e. The molecule has 1 aliphatic rings. The predicted molar refractivity (Wildman–Crippen MR) is 103 cm³/mol. The van der Waals surface area contributed by atoms with Crippen molar-refractivity contribution >= 4 is 5.97 Å². The van der Waals surface area contributed by atoms with Gasteiger partial charge >= 0.3 is 12.1 Å². The Kier molecular flexibility index (Phi) is 5.32. The highest BCUT2D eigenvalue weighted by Crippen LogP contribution is 2.52. The monoisotopic (exact) mass is 448 g/mol. The van der Waals surface area contributed by atoms with Crippen molar-refractivity contribution in [1.82, 2.24) is 0 Å². The molecule has 0 saturated carbocycles. The van der Waals surface area contributed by atoms with Crippen LogP contribution in [0, 0.1) is 17.5 Å². The average molecular weight is 448 g/mol. The van der Waals surface area contributed by atoms with E-state index in [-0.39, 0.29) is 16.7 Å². The minimum atomic E-state index is -5.06. The van der Waals surface area contributed by atoms with Crippen LogP contribution in [0.3, 0.4) is 0 Å². The number of carbonyl (C=O) groups excluding carboxylic acids is 1. The van der Waals surface area contributed by atoms with Crippen LogP contribution in [0.1, 0.15) is 22.6 Å². The summed E-state index contributed by atoms with van der Waals surface area (Å²) in [6.07, 6.45) is -4.51. The fourth-order valence-electron chi connectivity index (χ4n) is 3.92. The first-order chi connectivity index (χ1) is 15.1. The second-order valence-electron chi connectivity index (χ2n) is 7.25. The molecule has 1 atom stereocenters. The number of ether oxygens (including phenoxy) is 1. The molecular formula is C24H14F6O2. The third-order valence-corrected chi connectivity index (χ3v) is 5.28. The van der Waals surface area contributed by atoms with Gasteiger partial charge in [-0.2, -0.15) is 13.2 Å². The van der Waals surface area contributed by atoms with Crippen molar-refractivity contribution in [3.63, 3.8) is 0 Å². The molecule has 0 bridgehead atoms. The molecule has 0 N–H and O–H groups in total. The van der Waals surface area contributed by atoms with Crippen molar-refractivity contribution in [2.45, 2.75) is 17.7 Å². The van der Waals surface area contributed by atoms with E-state index in [9.17, 15) is 31.1 Å². The molecule has 164 valence electrons. The molecule has 8 heteroatoms. The van der Waals surface area contributed by atoms with E-state index < -0.39 is 46.7 Å². The van der Waals surface area contributed by atoms with Crippen LogP contribution < -0.4 is 0 Å². The van der Waals surface area contributed by atoms with E-state index in [2.05, 4.69) is 0 Å². The molecule has 3 aromatic carbocycles. The van der Waals surface area contributed by atoms with Gasteiger partial charge in [-0.1, -0.05) is 42.5 Å². The summed E-state index contributed by atoms with van der Waals surface area (Å²) in [4.78, 5) is 12.3. The van der Waals surface area contributed by atoms with Gasteiger partial charge in [-0.15, -0.1) is 0 Å². The fourth-order valence-corrected chi connectivity index (χ4v) is 3.92. The zero-order valence-corrected chi connectivity index (χ0v) is 16.2. The summed E-state index contributed by atoms with van der Waals surface area (Å²) in [6.45, 7) is 0. The van der Waals surface area contributed by atoms with Crippen LogP contribution in [-0.2, 0) is 15.1 Å². The van der Waals surface area contributed by atoms with Gasteiger partial charge in [0, 0.05) is 5.56 Å². The minimum absolute atomic E-state index is 0.230. The Hall–Kier alpha value is -3.55. The Morgan fingerprint density at radius 2 is 1.25 bits per heavy atom. The molecule has 0 radical (unpaired) electrons. The van der Waals surface area contributed by atoms with E-state index in [1.807, 2.05) is 0 Å². The standard InChI is InChI=1S/C24H14F6O2/c25-16-9-5-14(6-10-16)21(15-7-11-17(26)12-8-15)23(18-3-1-2-4-20(18)27)13-19(22(31)32-23)24(28,29)30/h1-13,21H. The van der Waals surface area contributed by atoms with Crippen LogP contribution in [0.4, 0.5) is 26.3 Å². The predicted octanol–water partition coefficient (Wildman–Crippen LogP) is 6.18. The molecule has 1 aliphatic heterocycles. The molecule has 1 unspecified atom stereocenters. The maximum absolute atomic E-state index is 14.9. The van der Waals surface area contributed by atoms with Gasteiger partial charge in [0.25, 0.3) is 0 Å². The van der Waals surface area contributed by atoms with Crippen molar-refractivity contribution in [3.8, 4) is 0 Å². The van der Waals surface area contributed by atoms with Gasteiger partial charge in [-0.05, 0) is 47.5 Å². The van der Waals surface area contributed by atoms with Crippen LogP contribution in [0.5, 0.6) is 0 Å². The van der Waals surface area contributed by atoms with E-state index >= 15 is 0 Å². The molecular weight excluding hydrogens is 434 g/mol. The summed E-state index contributed by atoms with van der Waals surface area (Å²) in [5, 5.41) is 0. The summed E-state index contributed by atoms with van der Waals surface area (Å²) >= 11 is 0. The maximum atomic E-state index is 14.9. The van der Waals surface area contributed by atoms with Gasteiger partial charge in [0.05, 0.1) is 5.92 Å². The Bertz CT molecular complexity index is 1140. The second kappa shape index (κ2) is 7.85. The third-order valence-electron chi connectivity index (χ3n) is 5.28. The molecule has 3 aromatic rings. The van der Waals surface area contributed by atoms with E-state index in [1.54, 1.807) is 0 Å². The first kappa shape index (κ1) is 21.7. The summed E-state index contributed by atoms with van der Waals surface area (Å²) < 4.78 is 88.2. The summed E-state index contributed by atoms with van der Waals surface area (Å²) in [7, 11) is 0. The molecule has 0 spiro atoms. The number of halogens is 6. The van der Waals surface area contributed by atoms with Crippen molar-refractivity contribution in [2.24, 2.45) is 0 Å². The Balaban J connectivity index is 2.06. The quantitative estimate of drug-likeness (QED) is 0.352. The number of hydrogen-bond donors (Lipinski definition) is 0. The second-order valence-corrected chi connectivity index (χ2v) is 7.25. The third kappa shape index (κ3) is 3.77. The number of esters is 1. The van der Waals surface area contributed by atoms with E-state index in [4.69, 9.17) is 4.74 Å². The Labute approximate surface area is 178 Å². The normalized spacial score (nSPS) is 18.6. The average Bonchev–Trinajstić information content (AvgIpc) is 3.09. The van der Waals surface area contributed by atoms with Gasteiger partial charge in [0.2, 0.25) is 0 Å². The highest BCUT2D eigenvalue weighted by molar-refractivity contribution is 5.93. The van der Waals surface area contributed by atoms with Gasteiger partial charge in [0.15, 0.2) is 5.60 Å². The lowest BCUT2D eigenvalue weighted by molar-refractivity contribution is -0.156. The lowest BCUT2D eigenvalue weighted by Crippen LogP contribution is -2.35. The van der Waals surface area contributed by atoms with Gasteiger partial charge in [-0.3, -0.25) is 0 Å². The summed E-state index contributed by atoms with van der Waals surface area (Å²) in [5.74, 6) is -5.04. The number of carbonyl (C=O) groups is 1. The number of cyclic esters (lactones) is 1. The minimum Gasteiger partial charge on any atom is -0.445 e. The lowest BCUT2D eigenvalue weighted by atomic mass is 9.73. The van der Waals surface area contributed by atoms with E-state index in [1.165, 1.54) is 42.5 Å². The van der Waals surface area contributed by atoms with Crippen LogP contribution in [-0.4, -0.2) is 12.1 Å². The number of benzene rings is 3. The molecule has 4 rings (SSSR count). The molecule has 32 heavy (non-hydrogen) atoms. The lowest BCUT2D eigenvalue weighted by Gasteiger charge is -2.36. The fraction of sp³-hybridized carbons (Fsp3) is 0.125. The zero-order valence-electron chi connectivity index (χ0n) is 16.2. The van der Waals surface area contributed by atoms with Crippen molar-refractivity contribution in [1.29, 1.82) is 0 Å². The number of alkyl halides is 3. The SMILES string of the molecule is O=C1OC(c2ccccc2F)(C(c2ccc(F)cc2)c2ccc(F)cc2)C=C1C(F)(F)F. The van der Waals surface area contributed by atoms with Gasteiger partial charge in [-0.25, -0.2) is 18.0 Å². The molecule has 0 saturated heterocycles. The highest BCUT2D eigenvalue weighted by Gasteiger charge is 2.56. The van der Waals surface area contributed by atoms with Crippen molar-refractivity contribution < 1.29 is 35.9 Å². The summed E-state index contributed by atoms with van der Waals surface area (Å²) in [6, 6.07) is 14.4. The van der Waals surface area contributed by atoms with Gasteiger partial charge in [0.1, 0.15) is 23.0 Å². The maximum Gasteiger partial charge on any atom is 0.423 e. The van der Waals surface area contributed by atoms with Crippen LogP contribution >= 0.6 is 0 Å². The molecule has 1 heterocycles. The Morgan fingerprint density at radius 1 is 0.750 bits per heavy atom. The first-order valence-electron chi connectivity index (χ1n) is 9.41. The van der Waals surface area contributed by atoms with Gasteiger partial charge < -0.3 is 4.74 Å². The first-order valence-corrected chi connectivity index (χ1v) is 9.41. The Morgan fingerprint density at radius 3 is 1.69 bits per heavy atom. The highest BCUT2D eigenvalue weighted by atomic mass is 19.4. The number of rotatable bonds is 4. The van der Waals surface area contributed by atoms with Crippen molar-refractivity contribution in [3.05, 3.63) is 119 Å². The zero-order chi connectivity index (χ0) is 23.1. The van der Waals surface area contributed by atoms with Crippen molar-refractivity contribution in [2.75, 3.05) is 0 Å². The topological polar surface area (TPSA) is 26.3 Å².